The molecule has 0 aliphatic carbocycles. The van der Waals surface area contributed by atoms with Crippen LogP contribution in [-0.4, -0.2) is 94.2 Å². The molecule has 7 atom stereocenters. The Morgan fingerprint density at radius 1 is 1.27 bits per heavy atom. The molecule has 3 heterocycles. The number of nitrogens with one attached hydrogen (secondary N) is 1. The smallest absolute Gasteiger partial charge is 0.312 e. The van der Waals surface area contributed by atoms with E-state index in [1.165, 1.54) is 4.90 Å². The molecule has 3 aliphatic heterocycles. The third-order valence-electron chi connectivity index (χ3n) is 7.69. The molecule has 37 heavy (non-hydrogen) atoms. The summed E-state index contributed by atoms with van der Waals surface area (Å²) in [6.45, 7) is 14.6. The van der Waals surface area contributed by atoms with Crippen molar-refractivity contribution in [3.63, 3.8) is 0 Å². The topological polar surface area (TPSA) is 125 Å². The first-order valence-electron chi connectivity index (χ1n) is 13.1. The van der Waals surface area contributed by atoms with Gasteiger partial charge in [-0.3, -0.25) is 19.2 Å². The van der Waals surface area contributed by atoms with Gasteiger partial charge in [0.1, 0.15) is 17.7 Å². The number of rotatable bonds is 13. The van der Waals surface area contributed by atoms with Crippen LogP contribution in [0.4, 0.5) is 0 Å². The van der Waals surface area contributed by atoms with Gasteiger partial charge >= 0.3 is 5.97 Å². The molecule has 2 N–H and O–H groups in total. The minimum atomic E-state index is -1.16. The van der Waals surface area contributed by atoms with E-state index in [9.17, 15) is 24.3 Å². The van der Waals surface area contributed by atoms with E-state index in [2.05, 4.69) is 18.5 Å². The molecule has 206 valence electrons. The number of allylic oxidation sites excluding steroid dienone is 1. The third-order valence-corrected chi connectivity index (χ3v) is 7.69. The zero-order valence-corrected chi connectivity index (χ0v) is 22.4. The molecule has 2 bridgehead atoms. The number of aliphatic hydroxyl groups is 1. The second kappa shape index (κ2) is 11.8. The number of carbonyl (C=O) groups is 4. The molecule has 0 saturated carbocycles. The summed E-state index contributed by atoms with van der Waals surface area (Å²) in [5, 5.41) is 12.7. The molecule has 3 saturated heterocycles. The quantitative estimate of drug-likeness (QED) is 0.276. The summed E-state index contributed by atoms with van der Waals surface area (Å²) in [7, 11) is 0. The van der Waals surface area contributed by atoms with Gasteiger partial charge in [-0.05, 0) is 47.0 Å². The van der Waals surface area contributed by atoms with Gasteiger partial charge in [-0.15, -0.1) is 13.2 Å². The van der Waals surface area contributed by atoms with Gasteiger partial charge in [0.15, 0.2) is 0 Å². The summed E-state index contributed by atoms with van der Waals surface area (Å²) < 4.78 is 12.0. The maximum atomic E-state index is 13.9. The molecule has 3 fully saturated rings. The number of ether oxygens (including phenoxy) is 2. The Labute approximate surface area is 219 Å². The summed E-state index contributed by atoms with van der Waals surface area (Å²) in [6, 6.07) is -1.74. The van der Waals surface area contributed by atoms with E-state index in [0.29, 0.717) is 32.2 Å². The lowest BCUT2D eigenvalue weighted by molar-refractivity contribution is -0.160. The first-order chi connectivity index (χ1) is 17.5. The van der Waals surface area contributed by atoms with Crippen molar-refractivity contribution in [3.05, 3.63) is 25.3 Å². The lowest BCUT2D eigenvalue weighted by Crippen LogP contribution is -2.59. The maximum Gasteiger partial charge on any atom is 0.312 e. The van der Waals surface area contributed by atoms with E-state index in [0.717, 1.165) is 0 Å². The van der Waals surface area contributed by atoms with Crippen molar-refractivity contribution >= 4 is 23.7 Å². The Balaban J connectivity index is 1.84. The molecular formula is C27H41N3O7. The van der Waals surface area contributed by atoms with Crippen molar-refractivity contribution in [1.82, 2.24) is 15.1 Å². The normalized spacial score (nSPS) is 29.6. The van der Waals surface area contributed by atoms with Crippen molar-refractivity contribution in [1.29, 1.82) is 0 Å². The highest BCUT2D eigenvalue weighted by molar-refractivity contribution is 5.98. The fourth-order valence-corrected chi connectivity index (χ4v) is 5.95. The Morgan fingerprint density at radius 2 is 1.97 bits per heavy atom. The van der Waals surface area contributed by atoms with Crippen LogP contribution in [0.5, 0.6) is 0 Å². The molecule has 10 heteroatoms. The van der Waals surface area contributed by atoms with Gasteiger partial charge in [0, 0.05) is 19.0 Å². The SMILES string of the molecule is C=CCCC(=O)NC[C@@H](C)OC(=O)[C@@H]1[C@H]2C(=O)N([C@H](C)CO)[C@H](C(=O)N(CC=C)C(C)C)[C@]23CC[C@H]1O3. The summed E-state index contributed by atoms with van der Waals surface area (Å²) in [5.41, 5.74) is -1.16. The third kappa shape index (κ3) is 5.31. The fourth-order valence-electron chi connectivity index (χ4n) is 5.95. The standard InChI is InChI=1S/C27H41N3O7/c1-7-9-10-20(32)28-14-18(6)36-26(35)21-19-11-12-27(37-19)22(21)24(33)30(17(5)15-31)23(27)25(34)29(13-8-2)16(3)4/h7-8,16-19,21-23,31H,1-2,9-15H2,3-6H3,(H,28,32)/t17-,18-,19-,21+,22+,23-,27+/m1/s1. The molecule has 0 aromatic carbocycles. The predicted molar refractivity (Wildman–Crippen MR) is 136 cm³/mol. The van der Waals surface area contributed by atoms with Crippen LogP contribution in [0.3, 0.4) is 0 Å². The van der Waals surface area contributed by atoms with E-state index in [4.69, 9.17) is 9.47 Å². The first kappa shape index (κ1) is 28.8. The lowest BCUT2D eigenvalue weighted by atomic mass is 9.70. The van der Waals surface area contributed by atoms with Crippen molar-refractivity contribution in [3.8, 4) is 0 Å². The number of likely N-dealkylation sites (tertiary alicyclic amines) is 1. The predicted octanol–water partition coefficient (Wildman–Crippen LogP) is 1.18. The summed E-state index contributed by atoms with van der Waals surface area (Å²) in [6.07, 6.45) is 3.97. The van der Waals surface area contributed by atoms with Crippen molar-refractivity contribution in [2.45, 2.75) is 89.3 Å². The van der Waals surface area contributed by atoms with Crippen LogP contribution in [0.2, 0.25) is 0 Å². The van der Waals surface area contributed by atoms with Crippen LogP contribution < -0.4 is 5.32 Å². The number of hydrogen-bond acceptors (Lipinski definition) is 7. The Hall–Kier alpha value is -2.72. The van der Waals surface area contributed by atoms with Crippen LogP contribution in [0, 0.1) is 11.8 Å². The summed E-state index contributed by atoms with van der Waals surface area (Å²) in [4.78, 5) is 56.0. The van der Waals surface area contributed by atoms with Crippen LogP contribution in [0.15, 0.2) is 25.3 Å². The monoisotopic (exact) mass is 519 g/mol. The highest BCUT2D eigenvalue weighted by atomic mass is 16.6. The summed E-state index contributed by atoms with van der Waals surface area (Å²) in [5.74, 6) is -3.14. The van der Waals surface area contributed by atoms with Crippen LogP contribution in [0.1, 0.15) is 53.4 Å². The molecule has 0 aromatic heterocycles. The van der Waals surface area contributed by atoms with Crippen LogP contribution >= 0.6 is 0 Å². The van der Waals surface area contributed by atoms with Crippen molar-refractivity contribution in [2.75, 3.05) is 19.7 Å². The van der Waals surface area contributed by atoms with E-state index in [1.807, 2.05) is 13.8 Å². The molecule has 0 unspecified atom stereocenters. The Kier molecular flexibility index (Phi) is 9.18. The highest BCUT2D eigenvalue weighted by Gasteiger charge is 2.75. The highest BCUT2D eigenvalue weighted by Crippen LogP contribution is 2.59. The average molecular weight is 520 g/mol. The van der Waals surface area contributed by atoms with Gasteiger partial charge in [-0.2, -0.15) is 0 Å². The number of aliphatic hydroxyl groups excluding tert-OH is 1. The number of amides is 3. The Bertz CT molecular complexity index is 922. The number of fused-ring (bicyclic) bond motifs is 1. The van der Waals surface area contributed by atoms with Crippen LogP contribution in [0.25, 0.3) is 0 Å². The van der Waals surface area contributed by atoms with E-state index in [-0.39, 0.29) is 36.9 Å². The molecular weight excluding hydrogens is 478 g/mol. The minimum absolute atomic E-state index is 0.142. The minimum Gasteiger partial charge on any atom is -0.460 e. The van der Waals surface area contributed by atoms with Crippen LogP contribution in [-0.2, 0) is 28.7 Å². The zero-order chi connectivity index (χ0) is 27.5. The molecule has 0 aromatic rings. The second-order valence-electron chi connectivity index (χ2n) is 10.6. The maximum absolute atomic E-state index is 13.9. The molecule has 0 radical (unpaired) electrons. The van der Waals surface area contributed by atoms with Crippen molar-refractivity contribution < 1.29 is 33.8 Å². The van der Waals surface area contributed by atoms with Gasteiger partial charge < -0.3 is 29.7 Å². The van der Waals surface area contributed by atoms with Gasteiger partial charge in [-0.25, -0.2) is 0 Å². The molecule has 3 amide bonds. The number of carbonyl (C=O) groups excluding carboxylic acids is 4. The zero-order valence-electron chi connectivity index (χ0n) is 22.4. The van der Waals surface area contributed by atoms with Gasteiger partial charge in [0.05, 0.1) is 37.1 Å². The van der Waals surface area contributed by atoms with E-state index >= 15 is 0 Å². The second-order valence-corrected chi connectivity index (χ2v) is 10.6. The number of nitrogens with zero attached hydrogens (tertiary/aromatic N) is 2. The molecule has 3 aliphatic rings. The van der Waals surface area contributed by atoms with E-state index < -0.39 is 47.7 Å². The molecule has 3 rings (SSSR count). The van der Waals surface area contributed by atoms with Gasteiger partial charge in [-0.1, -0.05) is 12.2 Å². The number of esters is 1. The summed E-state index contributed by atoms with van der Waals surface area (Å²) >= 11 is 0. The lowest BCUT2D eigenvalue weighted by Gasteiger charge is -2.39. The molecule has 10 nitrogen and oxygen atoms in total. The van der Waals surface area contributed by atoms with E-state index in [1.54, 1.807) is 30.9 Å². The van der Waals surface area contributed by atoms with Crippen molar-refractivity contribution in [2.24, 2.45) is 11.8 Å². The average Bonchev–Trinajstić information content (AvgIpc) is 3.50. The first-order valence-corrected chi connectivity index (χ1v) is 13.1. The Morgan fingerprint density at radius 3 is 2.57 bits per heavy atom. The number of hydrogen-bond donors (Lipinski definition) is 2. The fraction of sp³-hybridized carbons (Fsp3) is 0.704. The van der Waals surface area contributed by atoms with Gasteiger partial charge in [0.2, 0.25) is 17.7 Å². The van der Waals surface area contributed by atoms with Gasteiger partial charge in [0.25, 0.3) is 0 Å². The molecule has 1 spiro atoms. The largest absolute Gasteiger partial charge is 0.460 e.